The number of aromatic nitrogens is 2. The first-order valence-corrected chi connectivity index (χ1v) is 8.92. The van der Waals surface area contributed by atoms with Crippen LogP contribution in [0.3, 0.4) is 0 Å². The largest absolute Gasteiger partial charge is 0.497 e. The number of hydrogen-bond acceptors (Lipinski definition) is 6. The number of rotatable bonds is 4. The van der Waals surface area contributed by atoms with E-state index in [1.165, 1.54) is 0 Å². The van der Waals surface area contributed by atoms with Crippen molar-refractivity contribution in [2.75, 3.05) is 44.6 Å². The first-order valence-electron chi connectivity index (χ1n) is 7.31. The highest BCUT2D eigenvalue weighted by atomic mass is 35.5. The highest BCUT2D eigenvalue weighted by Crippen LogP contribution is 2.35. The summed E-state index contributed by atoms with van der Waals surface area (Å²) in [6, 6.07) is 7.68. The van der Waals surface area contributed by atoms with Crippen molar-refractivity contribution in [1.29, 1.82) is 0 Å². The SMILES string of the molecule is COc1cccc(-c2nc(Cl)c(SC)c(N3CCOCC3)n2)c1. The van der Waals surface area contributed by atoms with Crippen LogP contribution in [0.15, 0.2) is 29.2 Å². The Morgan fingerprint density at radius 2 is 2.04 bits per heavy atom. The zero-order chi connectivity index (χ0) is 16.2. The number of anilines is 1. The monoisotopic (exact) mass is 351 g/mol. The Labute approximate surface area is 145 Å². The van der Waals surface area contributed by atoms with Crippen LogP contribution in [-0.4, -0.2) is 49.6 Å². The molecular weight excluding hydrogens is 334 g/mol. The van der Waals surface area contributed by atoms with Crippen molar-refractivity contribution in [3.05, 3.63) is 29.4 Å². The molecular formula is C16H18ClN3O2S. The summed E-state index contributed by atoms with van der Waals surface area (Å²) in [5, 5.41) is 0.479. The average Bonchev–Trinajstić information content (AvgIpc) is 2.61. The van der Waals surface area contributed by atoms with Crippen LogP contribution in [0.25, 0.3) is 11.4 Å². The van der Waals surface area contributed by atoms with Crippen molar-refractivity contribution in [1.82, 2.24) is 9.97 Å². The van der Waals surface area contributed by atoms with E-state index in [2.05, 4.69) is 9.88 Å². The minimum atomic E-state index is 0.479. The van der Waals surface area contributed by atoms with Gasteiger partial charge in [0.25, 0.3) is 0 Å². The fraction of sp³-hybridized carbons (Fsp3) is 0.375. The van der Waals surface area contributed by atoms with Crippen LogP contribution in [0, 0.1) is 0 Å². The zero-order valence-electron chi connectivity index (χ0n) is 13.1. The smallest absolute Gasteiger partial charge is 0.163 e. The molecule has 0 spiro atoms. The van der Waals surface area contributed by atoms with E-state index >= 15 is 0 Å². The highest BCUT2D eigenvalue weighted by Gasteiger charge is 2.21. The molecule has 1 aromatic heterocycles. The molecule has 1 aliphatic rings. The van der Waals surface area contributed by atoms with E-state index in [0.29, 0.717) is 24.2 Å². The van der Waals surface area contributed by atoms with Gasteiger partial charge in [0.05, 0.1) is 25.2 Å². The van der Waals surface area contributed by atoms with Gasteiger partial charge in [0, 0.05) is 18.7 Å². The Kier molecular flexibility index (Phi) is 5.25. The normalized spacial score (nSPS) is 14.8. The molecule has 2 heterocycles. The summed E-state index contributed by atoms with van der Waals surface area (Å²) in [7, 11) is 1.64. The minimum absolute atomic E-state index is 0.479. The zero-order valence-corrected chi connectivity index (χ0v) is 14.7. The molecule has 1 aromatic carbocycles. The summed E-state index contributed by atoms with van der Waals surface area (Å²) >= 11 is 7.98. The molecule has 5 nitrogen and oxygen atoms in total. The first kappa shape index (κ1) is 16.4. The van der Waals surface area contributed by atoms with E-state index in [0.717, 1.165) is 35.1 Å². The van der Waals surface area contributed by atoms with Gasteiger partial charge in [-0.1, -0.05) is 23.7 Å². The van der Waals surface area contributed by atoms with Crippen molar-refractivity contribution in [2.45, 2.75) is 4.90 Å². The molecule has 0 bridgehead atoms. The number of methoxy groups -OCH3 is 1. The Morgan fingerprint density at radius 1 is 1.26 bits per heavy atom. The molecule has 2 aromatic rings. The van der Waals surface area contributed by atoms with Gasteiger partial charge in [-0.05, 0) is 18.4 Å². The van der Waals surface area contributed by atoms with Crippen molar-refractivity contribution in [3.8, 4) is 17.1 Å². The molecule has 1 saturated heterocycles. The van der Waals surface area contributed by atoms with Gasteiger partial charge >= 0.3 is 0 Å². The molecule has 0 saturated carbocycles. The Bertz CT molecular complexity index is 693. The van der Waals surface area contributed by atoms with E-state index in [1.807, 2.05) is 30.5 Å². The lowest BCUT2D eigenvalue weighted by atomic mass is 10.2. The lowest BCUT2D eigenvalue weighted by Crippen LogP contribution is -2.37. The van der Waals surface area contributed by atoms with Gasteiger partial charge < -0.3 is 14.4 Å². The average molecular weight is 352 g/mol. The van der Waals surface area contributed by atoms with E-state index < -0.39 is 0 Å². The van der Waals surface area contributed by atoms with Crippen molar-refractivity contribution < 1.29 is 9.47 Å². The molecule has 0 radical (unpaired) electrons. The van der Waals surface area contributed by atoms with Gasteiger partial charge in [-0.15, -0.1) is 11.8 Å². The van der Waals surface area contributed by atoms with Crippen LogP contribution < -0.4 is 9.64 Å². The molecule has 0 unspecified atom stereocenters. The molecule has 23 heavy (non-hydrogen) atoms. The second-order valence-electron chi connectivity index (χ2n) is 5.03. The quantitative estimate of drug-likeness (QED) is 0.621. The summed E-state index contributed by atoms with van der Waals surface area (Å²) < 4.78 is 10.7. The van der Waals surface area contributed by atoms with Gasteiger partial charge in [-0.2, -0.15) is 0 Å². The first-order chi connectivity index (χ1) is 11.2. The summed E-state index contributed by atoms with van der Waals surface area (Å²) in [5.41, 5.74) is 0.883. The molecule has 0 amide bonds. The van der Waals surface area contributed by atoms with Crippen molar-refractivity contribution in [3.63, 3.8) is 0 Å². The van der Waals surface area contributed by atoms with Crippen LogP contribution >= 0.6 is 23.4 Å². The predicted octanol–water partition coefficient (Wildman–Crippen LogP) is 3.36. The molecule has 3 rings (SSSR count). The van der Waals surface area contributed by atoms with Crippen LogP contribution in [0.2, 0.25) is 5.15 Å². The Morgan fingerprint density at radius 3 is 2.74 bits per heavy atom. The van der Waals surface area contributed by atoms with Crippen LogP contribution in [-0.2, 0) is 4.74 Å². The number of morpholine rings is 1. The number of hydrogen-bond donors (Lipinski definition) is 0. The summed E-state index contributed by atoms with van der Waals surface area (Å²) in [6.45, 7) is 3.00. The second kappa shape index (κ2) is 7.38. The second-order valence-corrected chi connectivity index (χ2v) is 6.20. The van der Waals surface area contributed by atoms with E-state index in [1.54, 1.807) is 18.9 Å². The van der Waals surface area contributed by atoms with Crippen LogP contribution in [0.4, 0.5) is 5.82 Å². The molecule has 0 atom stereocenters. The molecule has 0 aliphatic carbocycles. The van der Waals surface area contributed by atoms with Gasteiger partial charge in [0.15, 0.2) is 5.82 Å². The number of nitrogens with zero attached hydrogens (tertiary/aromatic N) is 3. The molecule has 7 heteroatoms. The molecule has 1 aliphatic heterocycles. The minimum Gasteiger partial charge on any atom is -0.497 e. The van der Waals surface area contributed by atoms with Gasteiger partial charge in [-0.3, -0.25) is 0 Å². The summed E-state index contributed by atoms with van der Waals surface area (Å²) in [6.07, 6.45) is 1.99. The number of halogens is 1. The van der Waals surface area contributed by atoms with Gasteiger partial charge in [0.2, 0.25) is 0 Å². The fourth-order valence-corrected chi connectivity index (χ4v) is 3.44. The standard InChI is InChI=1S/C16H18ClN3O2S/c1-21-12-5-3-4-11(10-12)15-18-14(17)13(23-2)16(19-15)20-6-8-22-9-7-20/h3-5,10H,6-9H2,1-2H3. The number of ether oxygens (including phenoxy) is 2. The third-order valence-electron chi connectivity index (χ3n) is 3.65. The maximum Gasteiger partial charge on any atom is 0.163 e. The molecule has 0 N–H and O–H groups in total. The van der Waals surface area contributed by atoms with Crippen molar-refractivity contribution >= 4 is 29.2 Å². The van der Waals surface area contributed by atoms with Gasteiger partial charge in [0.1, 0.15) is 16.7 Å². The third-order valence-corrected chi connectivity index (χ3v) is 4.82. The highest BCUT2D eigenvalue weighted by molar-refractivity contribution is 7.98. The predicted molar refractivity (Wildman–Crippen MR) is 93.8 cm³/mol. The Hall–Kier alpha value is -1.50. The third kappa shape index (κ3) is 3.54. The van der Waals surface area contributed by atoms with Crippen LogP contribution in [0.1, 0.15) is 0 Å². The van der Waals surface area contributed by atoms with Crippen LogP contribution in [0.5, 0.6) is 5.75 Å². The van der Waals surface area contributed by atoms with E-state index in [9.17, 15) is 0 Å². The maximum absolute atomic E-state index is 6.42. The van der Waals surface area contributed by atoms with E-state index in [-0.39, 0.29) is 0 Å². The summed E-state index contributed by atoms with van der Waals surface area (Å²) in [5.74, 6) is 2.25. The molecule has 1 fully saturated rings. The topological polar surface area (TPSA) is 47.5 Å². The maximum atomic E-state index is 6.42. The lowest BCUT2D eigenvalue weighted by Gasteiger charge is -2.29. The molecule has 122 valence electrons. The lowest BCUT2D eigenvalue weighted by molar-refractivity contribution is 0.122. The summed E-state index contributed by atoms with van der Waals surface area (Å²) in [4.78, 5) is 12.3. The Balaban J connectivity index is 2.05. The van der Waals surface area contributed by atoms with Crippen molar-refractivity contribution in [2.24, 2.45) is 0 Å². The van der Waals surface area contributed by atoms with Gasteiger partial charge in [-0.25, -0.2) is 9.97 Å². The van der Waals surface area contributed by atoms with E-state index in [4.69, 9.17) is 26.1 Å². The number of benzene rings is 1. The fourth-order valence-electron chi connectivity index (χ4n) is 2.47. The number of thioether (sulfide) groups is 1.